The third kappa shape index (κ3) is 1.27. The molecule has 72 valence electrons. The number of benzene rings is 1. The third-order valence-corrected chi connectivity index (χ3v) is 2.32. The molecular formula is C11H12N2O. The lowest BCUT2D eigenvalue weighted by molar-refractivity contribution is 0.0941. The van der Waals surface area contributed by atoms with Crippen molar-refractivity contribution >= 4 is 22.5 Å². The Labute approximate surface area is 82.3 Å². The number of nitrogens with one attached hydrogen (secondary N) is 1. The molecular weight excluding hydrogens is 176 g/mol. The number of rotatable bonds is 1. The normalized spacial score (nSPS) is 10.4. The number of carbonyl (C=O) groups excluding carboxylic acids is 1. The molecule has 0 radical (unpaired) electrons. The van der Waals surface area contributed by atoms with Gasteiger partial charge in [-0.1, -0.05) is 0 Å². The lowest BCUT2D eigenvalue weighted by atomic mass is 10.2. The average Bonchev–Trinajstić information content (AvgIpc) is 2.59. The molecule has 0 saturated carbocycles. The van der Waals surface area contributed by atoms with E-state index in [0.717, 1.165) is 16.6 Å². The van der Waals surface area contributed by atoms with Crippen molar-refractivity contribution in [3.05, 3.63) is 30.5 Å². The zero-order chi connectivity index (χ0) is 10.1. The molecule has 0 saturated heterocycles. The van der Waals surface area contributed by atoms with E-state index in [4.69, 9.17) is 0 Å². The van der Waals surface area contributed by atoms with Crippen LogP contribution in [0.15, 0.2) is 30.5 Å². The highest BCUT2D eigenvalue weighted by atomic mass is 16.1. The molecule has 0 aliphatic rings. The minimum atomic E-state index is 0.0391. The Kier molecular flexibility index (Phi) is 2.00. The second-order valence-corrected chi connectivity index (χ2v) is 3.23. The molecule has 0 spiro atoms. The van der Waals surface area contributed by atoms with E-state index in [1.54, 1.807) is 17.7 Å². The van der Waals surface area contributed by atoms with E-state index in [1.807, 2.05) is 31.3 Å². The van der Waals surface area contributed by atoms with E-state index in [1.165, 1.54) is 0 Å². The van der Waals surface area contributed by atoms with E-state index < -0.39 is 0 Å². The van der Waals surface area contributed by atoms with Gasteiger partial charge in [0.05, 0.1) is 5.52 Å². The predicted octanol–water partition coefficient (Wildman–Crippen LogP) is 2.34. The highest BCUT2D eigenvalue weighted by molar-refractivity contribution is 5.92. The van der Waals surface area contributed by atoms with Gasteiger partial charge >= 0.3 is 0 Å². The summed E-state index contributed by atoms with van der Waals surface area (Å²) in [5, 5.41) is 4.14. The first-order chi connectivity index (χ1) is 6.72. The molecule has 0 amide bonds. The summed E-state index contributed by atoms with van der Waals surface area (Å²) in [6, 6.07) is 7.87. The first kappa shape index (κ1) is 8.81. The van der Waals surface area contributed by atoms with Crippen molar-refractivity contribution in [3.63, 3.8) is 0 Å². The van der Waals surface area contributed by atoms with Crippen LogP contribution in [-0.4, -0.2) is 17.5 Å². The smallest absolute Gasteiger partial charge is 0.227 e. The van der Waals surface area contributed by atoms with E-state index in [-0.39, 0.29) is 5.91 Å². The van der Waals surface area contributed by atoms with Gasteiger partial charge < -0.3 is 5.32 Å². The Balaban J connectivity index is 2.65. The zero-order valence-electron chi connectivity index (χ0n) is 8.24. The highest BCUT2D eigenvalue weighted by Gasteiger charge is 2.03. The zero-order valence-corrected chi connectivity index (χ0v) is 8.24. The van der Waals surface area contributed by atoms with Crippen molar-refractivity contribution in [2.75, 3.05) is 12.4 Å². The van der Waals surface area contributed by atoms with E-state index in [0.29, 0.717) is 0 Å². The molecule has 2 rings (SSSR count). The minimum Gasteiger partial charge on any atom is -0.388 e. The van der Waals surface area contributed by atoms with E-state index in [2.05, 4.69) is 5.32 Å². The fourth-order valence-corrected chi connectivity index (χ4v) is 1.57. The molecule has 0 aliphatic heterocycles. The number of carbonyl (C=O) groups is 1. The summed E-state index contributed by atoms with van der Waals surface area (Å²) >= 11 is 0. The summed E-state index contributed by atoms with van der Waals surface area (Å²) in [5.74, 6) is 0.0391. The number of fused-ring (bicyclic) bond motifs is 1. The number of anilines is 1. The molecule has 0 aliphatic carbocycles. The number of hydrogen-bond donors (Lipinski definition) is 1. The molecule has 0 unspecified atom stereocenters. The van der Waals surface area contributed by atoms with Crippen LogP contribution in [0.2, 0.25) is 0 Å². The molecule has 14 heavy (non-hydrogen) atoms. The second-order valence-electron chi connectivity index (χ2n) is 3.23. The molecule has 1 aromatic carbocycles. The van der Waals surface area contributed by atoms with Gasteiger partial charge in [0.25, 0.3) is 0 Å². The van der Waals surface area contributed by atoms with E-state index >= 15 is 0 Å². The first-order valence-corrected chi connectivity index (χ1v) is 4.52. The highest BCUT2D eigenvalue weighted by Crippen LogP contribution is 2.19. The number of nitrogens with zero attached hydrogens (tertiary/aromatic N) is 1. The largest absolute Gasteiger partial charge is 0.388 e. The summed E-state index contributed by atoms with van der Waals surface area (Å²) in [5.41, 5.74) is 2.01. The average molecular weight is 188 g/mol. The molecule has 1 N–H and O–H groups in total. The Hall–Kier alpha value is -1.77. The van der Waals surface area contributed by atoms with Crippen LogP contribution in [0, 0.1) is 0 Å². The first-order valence-electron chi connectivity index (χ1n) is 4.52. The van der Waals surface area contributed by atoms with Gasteiger partial charge in [-0.3, -0.25) is 9.36 Å². The van der Waals surface area contributed by atoms with Crippen LogP contribution in [-0.2, 0) is 0 Å². The number of hydrogen-bond acceptors (Lipinski definition) is 2. The fraction of sp³-hybridized carbons (Fsp3) is 0.182. The molecule has 2 aromatic rings. The standard InChI is InChI=1S/C11H12N2O/c1-8(14)13-6-5-9-7-10(12-2)3-4-11(9)13/h3-7,12H,1-2H3. The van der Waals surface area contributed by atoms with Gasteiger partial charge in [-0.05, 0) is 24.3 Å². The lowest BCUT2D eigenvalue weighted by Crippen LogP contribution is -2.02. The van der Waals surface area contributed by atoms with Crippen molar-refractivity contribution in [1.82, 2.24) is 4.57 Å². The summed E-state index contributed by atoms with van der Waals surface area (Å²) in [4.78, 5) is 11.2. The van der Waals surface area contributed by atoms with E-state index in [9.17, 15) is 4.79 Å². The van der Waals surface area contributed by atoms with Crippen LogP contribution in [0.5, 0.6) is 0 Å². The SMILES string of the molecule is CNc1ccc2c(ccn2C(C)=O)c1. The van der Waals surface area contributed by atoms with Crippen LogP contribution in [0.3, 0.4) is 0 Å². The van der Waals surface area contributed by atoms with Gasteiger partial charge in [0.2, 0.25) is 5.91 Å². The fourth-order valence-electron chi connectivity index (χ4n) is 1.57. The number of aromatic nitrogens is 1. The van der Waals surface area contributed by atoms with Crippen molar-refractivity contribution in [3.8, 4) is 0 Å². The minimum absolute atomic E-state index is 0.0391. The van der Waals surface area contributed by atoms with Gasteiger partial charge in [0, 0.05) is 31.2 Å². The topological polar surface area (TPSA) is 34.0 Å². The quantitative estimate of drug-likeness (QED) is 0.745. The summed E-state index contributed by atoms with van der Waals surface area (Å²) in [6.45, 7) is 1.56. The van der Waals surface area contributed by atoms with Gasteiger partial charge in [-0.2, -0.15) is 0 Å². The van der Waals surface area contributed by atoms with Crippen molar-refractivity contribution in [1.29, 1.82) is 0 Å². The van der Waals surface area contributed by atoms with Gasteiger partial charge in [-0.15, -0.1) is 0 Å². The van der Waals surface area contributed by atoms with Gasteiger partial charge in [-0.25, -0.2) is 0 Å². The molecule has 0 fully saturated rings. The summed E-state index contributed by atoms with van der Waals surface area (Å²) in [6.07, 6.45) is 1.80. The van der Waals surface area contributed by atoms with Gasteiger partial charge in [0.1, 0.15) is 0 Å². The molecule has 1 aromatic heterocycles. The van der Waals surface area contributed by atoms with Crippen LogP contribution in [0.1, 0.15) is 11.7 Å². The maximum atomic E-state index is 11.2. The Morgan fingerprint density at radius 2 is 2.14 bits per heavy atom. The molecule has 0 bridgehead atoms. The van der Waals surface area contributed by atoms with Gasteiger partial charge in [0.15, 0.2) is 0 Å². The summed E-state index contributed by atoms with van der Waals surface area (Å²) in [7, 11) is 1.88. The van der Waals surface area contributed by atoms with Crippen molar-refractivity contribution in [2.45, 2.75) is 6.92 Å². The third-order valence-electron chi connectivity index (χ3n) is 2.32. The molecule has 1 heterocycles. The molecule has 3 nitrogen and oxygen atoms in total. The summed E-state index contributed by atoms with van der Waals surface area (Å²) < 4.78 is 1.65. The van der Waals surface area contributed by atoms with Crippen LogP contribution in [0.4, 0.5) is 5.69 Å². The Morgan fingerprint density at radius 3 is 2.79 bits per heavy atom. The van der Waals surface area contributed by atoms with Crippen LogP contribution in [0.25, 0.3) is 10.9 Å². The van der Waals surface area contributed by atoms with Crippen molar-refractivity contribution < 1.29 is 4.79 Å². The lowest BCUT2D eigenvalue weighted by Gasteiger charge is -2.01. The Morgan fingerprint density at radius 1 is 1.36 bits per heavy atom. The van der Waals surface area contributed by atoms with Crippen molar-refractivity contribution in [2.24, 2.45) is 0 Å². The monoisotopic (exact) mass is 188 g/mol. The van der Waals surface area contributed by atoms with Crippen LogP contribution < -0.4 is 5.32 Å². The molecule has 0 atom stereocenters. The maximum Gasteiger partial charge on any atom is 0.227 e. The Bertz CT molecular complexity index is 485. The second kappa shape index (κ2) is 3.18. The maximum absolute atomic E-state index is 11.2. The van der Waals surface area contributed by atoms with Crippen LogP contribution >= 0.6 is 0 Å². The molecule has 3 heteroatoms. The predicted molar refractivity (Wildman–Crippen MR) is 57.8 cm³/mol.